The molecule has 42 heavy (non-hydrogen) atoms. The normalized spacial score (nSPS) is 19.8. The molecule has 218 valence electrons. The lowest BCUT2D eigenvalue weighted by atomic mass is 9.78. The van der Waals surface area contributed by atoms with Crippen LogP contribution in [0.15, 0.2) is 36.4 Å². The molecule has 0 saturated carbocycles. The van der Waals surface area contributed by atoms with Crippen molar-refractivity contribution >= 4 is 54.7 Å². The summed E-state index contributed by atoms with van der Waals surface area (Å²) >= 11 is 0. The van der Waals surface area contributed by atoms with Gasteiger partial charge >= 0.3 is 26.2 Å². The van der Waals surface area contributed by atoms with Gasteiger partial charge in [0.05, 0.1) is 31.6 Å². The summed E-state index contributed by atoms with van der Waals surface area (Å²) in [6, 6.07) is 7.85. The van der Waals surface area contributed by atoms with Crippen LogP contribution in [0, 0.1) is 5.92 Å². The van der Waals surface area contributed by atoms with Crippen molar-refractivity contribution in [2.24, 2.45) is 5.92 Å². The molecule has 0 aromatic heterocycles. The fourth-order valence-electron chi connectivity index (χ4n) is 5.62. The second-order valence-corrected chi connectivity index (χ2v) is 10.7. The molecule has 2 amide bonds. The van der Waals surface area contributed by atoms with E-state index < -0.39 is 68.2 Å². The topological polar surface area (TPSA) is 200 Å². The average molecular weight is 578 g/mol. The highest BCUT2D eigenvalue weighted by molar-refractivity contribution is 6.62. The zero-order chi connectivity index (χ0) is 30.1. The van der Waals surface area contributed by atoms with Crippen LogP contribution < -0.4 is 16.2 Å². The Labute approximate surface area is 240 Å². The zero-order valence-corrected chi connectivity index (χ0v) is 22.4. The van der Waals surface area contributed by atoms with Crippen molar-refractivity contribution in [2.45, 2.75) is 51.0 Å². The van der Waals surface area contributed by atoms with Crippen LogP contribution >= 0.6 is 0 Å². The number of carbonyl (C=O) groups excluding carboxylic acids is 3. The maximum absolute atomic E-state index is 13.7. The summed E-state index contributed by atoms with van der Waals surface area (Å²) in [5.74, 6) is -5.37. The fourth-order valence-corrected chi connectivity index (χ4v) is 5.62. The van der Waals surface area contributed by atoms with Crippen molar-refractivity contribution in [3.8, 4) is 0 Å². The number of Topliss-reactive ketones (excluding diaryl/α,β-unsaturated/α-hetero) is 1. The molecule has 0 aliphatic carbocycles. The molecule has 0 bridgehead atoms. The van der Waals surface area contributed by atoms with Crippen molar-refractivity contribution in [2.75, 3.05) is 6.54 Å². The Morgan fingerprint density at radius 2 is 1.52 bits per heavy atom. The minimum absolute atomic E-state index is 0.0225. The van der Waals surface area contributed by atoms with Gasteiger partial charge in [0.1, 0.15) is 0 Å². The Morgan fingerprint density at radius 3 is 2.12 bits per heavy atom. The molecule has 13 nitrogen and oxygen atoms in total. The Morgan fingerprint density at radius 1 is 0.929 bits per heavy atom. The summed E-state index contributed by atoms with van der Waals surface area (Å²) in [7, 11) is -2.32. The van der Waals surface area contributed by atoms with E-state index in [1.54, 1.807) is 24.3 Å². The molecule has 1 fully saturated rings. The standard InChI is InChI=1S/C27H28B2N2O11/c32-23(6-5-16(27(37)38)9-24(33)34)22-10-19(30-25(35)14-1-3-17-12-41-28(39)20(17)7-14)11-31(22)26(36)15-2-4-18-13-42-29(40)21(18)8-15/h1-4,7-8,16,19,22,39-40H,5-6,9-13H2,(H,30,35)(H,33,34)(H,37,38)/t16-,19?,22-/m0/s1. The van der Waals surface area contributed by atoms with E-state index in [4.69, 9.17) is 14.4 Å². The van der Waals surface area contributed by atoms with Gasteiger partial charge in [0.25, 0.3) is 11.8 Å². The molecule has 1 unspecified atom stereocenters. The summed E-state index contributed by atoms with van der Waals surface area (Å²) in [6.45, 7) is 0.394. The van der Waals surface area contributed by atoms with Gasteiger partial charge in [0.2, 0.25) is 0 Å². The number of carboxylic acids is 2. The lowest BCUT2D eigenvalue weighted by Crippen LogP contribution is -2.42. The molecule has 2 aromatic rings. The molecule has 3 heterocycles. The van der Waals surface area contributed by atoms with Crippen LogP contribution in [0.4, 0.5) is 0 Å². The SMILES string of the molecule is O=C(O)C[C@H](CCC(=O)[C@@H]1CC(NC(=O)c2ccc3c(c2)B(O)OC3)CN1C(=O)c1ccc2c(c1)B(O)OC2)C(=O)O. The van der Waals surface area contributed by atoms with Crippen LogP contribution in [0.25, 0.3) is 0 Å². The molecule has 5 N–H and O–H groups in total. The lowest BCUT2D eigenvalue weighted by molar-refractivity contribution is -0.148. The summed E-state index contributed by atoms with van der Waals surface area (Å²) in [5.41, 5.74) is 2.86. The van der Waals surface area contributed by atoms with Gasteiger partial charge in [-0.15, -0.1) is 0 Å². The lowest BCUT2D eigenvalue weighted by Gasteiger charge is -2.24. The van der Waals surface area contributed by atoms with E-state index in [0.717, 1.165) is 11.1 Å². The molecule has 5 rings (SSSR count). The molecule has 3 atom stereocenters. The molecule has 15 heteroatoms. The smallest absolute Gasteiger partial charge is 0.481 e. The largest absolute Gasteiger partial charge is 0.491 e. The van der Waals surface area contributed by atoms with E-state index in [0.29, 0.717) is 10.9 Å². The van der Waals surface area contributed by atoms with E-state index in [-0.39, 0.29) is 50.1 Å². The number of carboxylic acid groups (broad SMARTS) is 2. The number of rotatable bonds is 10. The number of nitrogens with zero attached hydrogens (tertiary/aromatic N) is 1. The molecule has 2 aromatic carbocycles. The number of amides is 2. The molecular weight excluding hydrogens is 550 g/mol. The number of ketones is 1. The first-order chi connectivity index (χ1) is 20.0. The predicted octanol–water partition coefficient (Wildman–Crippen LogP) is -1.34. The number of carbonyl (C=O) groups is 5. The van der Waals surface area contributed by atoms with Gasteiger partial charge in [-0.25, -0.2) is 0 Å². The number of hydrogen-bond acceptors (Lipinski definition) is 9. The van der Waals surface area contributed by atoms with Gasteiger partial charge in [-0.3, -0.25) is 24.0 Å². The second kappa shape index (κ2) is 12.1. The quantitative estimate of drug-likeness (QED) is 0.209. The van der Waals surface area contributed by atoms with E-state index in [1.807, 2.05) is 0 Å². The monoisotopic (exact) mass is 578 g/mol. The van der Waals surface area contributed by atoms with Crippen molar-refractivity contribution in [3.63, 3.8) is 0 Å². The number of fused-ring (bicyclic) bond motifs is 2. The van der Waals surface area contributed by atoms with Gasteiger partial charge < -0.3 is 39.8 Å². The Hall–Kier alpha value is -4.04. The highest BCUT2D eigenvalue weighted by Crippen LogP contribution is 2.25. The van der Waals surface area contributed by atoms with E-state index in [9.17, 15) is 39.1 Å². The average Bonchev–Trinajstić information content (AvgIpc) is 3.66. The van der Waals surface area contributed by atoms with E-state index in [1.165, 1.54) is 17.0 Å². The van der Waals surface area contributed by atoms with Gasteiger partial charge in [-0.1, -0.05) is 12.1 Å². The van der Waals surface area contributed by atoms with Crippen molar-refractivity contribution in [3.05, 3.63) is 58.7 Å². The van der Waals surface area contributed by atoms with Crippen molar-refractivity contribution in [1.29, 1.82) is 0 Å². The summed E-state index contributed by atoms with van der Waals surface area (Å²) in [4.78, 5) is 64.0. The maximum atomic E-state index is 13.7. The van der Waals surface area contributed by atoms with Crippen LogP contribution in [0.1, 0.15) is 57.5 Å². The van der Waals surface area contributed by atoms with Crippen molar-refractivity contribution in [1.82, 2.24) is 10.2 Å². The Balaban J connectivity index is 1.34. The first kappa shape index (κ1) is 29.5. The van der Waals surface area contributed by atoms with Crippen LogP contribution in [0.5, 0.6) is 0 Å². The Bertz CT molecular complexity index is 1450. The van der Waals surface area contributed by atoms with Gasteiger partial charge in [-0.05, 0) is 59.2 Å². The summed E-state index contributed by atoms with van der Waals surface area (Å²) in [5, 5.41) is 41.3. The third-order valence-corrected chi connectivity index (χ3v) is 7.90. The molecule has 3 aliphatic heterocycles. The van der Waals surface area contributed by atoms with Gasteiger partial charge in [0.15, 0.2) is 5.78 Å². The zero-order valence-electron chi connectivity index (χ0n) is 22.4. The number of nitrogens with one attached hydrogen (secondary N) is 1. The van der Waals surface area contributed by atoms with Gasteiger partial charge in [0, 0.05) is 30.1 Å². The van der Waals surface area contributed by atoms with Crippen LogP contribution in [-0.2, 0) is 36.9 Å². The first-order valence-corrected chi connectivity index (χ1v) is 13.5. The van der Waals surface area contributed by atoms with Crippen molar-refractivity contribution < 1.29 is 53.5 Å². The molecular formula is C27H28B2N2O11. The van der Waals surface area contributed by atoms with Gasteiger partial charge in [-0.2, -0.15) is 0 Å². The molecule has 0 radical (unpaired) electrons. The second-order valence-electron chi connectivity index (χ2n) is 10.7. The van der Waals surface area contributed by atoms with Crippen LogP contribution in [0.2, 0.25) is 0 Å². The number of hydrogen-bond donors (Lipinski definition) is 5. The minimum Gasteiger partial charge on any atom is -0.481 e. The Kier molecular flexibility index (Phi) is 8.45. The number of likely N-dealkylation sites (tertiary alicyclic amines) is 1. The molecule has 1 saturated heterocycles. The van der Waals surface area contributed by atoms with Crippen LogP contribution in [-0.4, -0.2) is 87.6 Å². The van der Waals surface area contributed by atoms with E-state index >= 15 is 0 Å². The summed E-state index contributed by atoms with van der Waals surface area (Å²) in [6.07, 6.45) is -1.09. The fraction of sp³-hybridized carbons (Fsp3) is 0.370. The highest BCUT2D eigenvalue weighted by Gasteiger charge is 2.41. The number of benzene rings is 2. The summed E-state index contributed by atoms with van der Waals surface area (Å²) < 4.78 is 10.4. The third-order valence-electron chi connectivity index (χ3n) is 7.90. The minimum atomic E-state index is -1.33. The molecule has 3 aliphatic rings. The van der Waals surface area contributed by atoms with Crippen LogP contribution in [0.3, 0.4) is 0 Å². The molecule has 0 spiro atoms. The third kappa shape index (κ3) is 6.09. The number of aliphatic carboxylic acids is 2. The first-order valence-electron chi connectivity index (χ1n) is 13.5. The maximum Gasteiger partial charge on any atom is 0.491 e. The predicted molar refractivity (Wildman–Crippen MR) is 146 cm³/mol. The van der Waals surface area contributed by atoms with E-state index in [2.05, 4.69) is 5.32 Å². The highest BCUT2D eigenvalue weighted by atomic mass is 16.5.